The van der Waals surface area contributed by atoms with Gasteiger partial charge < -0.3 is 20.6 Å². The summed E-state index contributed by atoms with van der Waals surface area (Å²) in [5, 5.41) is 14.2. The zero-order chi connectivity index (χ0) is 14.1. The van der Waals surface area contributed by atoms with Crippen molar-refractivity contribution in [1.29, 1.82) is 0 Å². The Bertz CT molecular complexity index is 296. The van der Waals surface area contributed by atoms with Crippen LogP contribution in [0.4, 0.5) is 4.79 Å². The minimum atomic E-state index is -0.983. The molecule has 0 aromatic heterocycles. The minimum absolute atomic E-state index is 0.396. The maximum absolute atomic E-state index is 11.6. The number of hydrogen-bond donors (Lipinski definition) is 3. The molecule has 0 aromatic carbocycles. The summed E-state index contributed by atoms with van der Waals surface area (Å²) in [7, 11) is 0. The van der Waals surface area contributed by atoms with E-state index in [0.717, 1.165) is 19.6 Å². The van der Waals surface area contributed by atoms with Gasteiger partial charge in [-0.15, -0.1) is 0 Å². The highest BCUT2D eigenvalue weighted by Crippen LogP contribution is 2.05. The van der Waals surface area contributed by atoms with Gasteiger partial charge in [-0.05, 0) is 44.4 Å². The second-order valence-electron chi connectivity index (χ2n) is 4.62. The summed E-state index contributed by atoms with van der Waals surface area (Å²) < 4.78 is 0. The summed E-state index contributed by atoms with van der Waals surface area (Å²) in [4.78, 5) is 24.8. The van der Waals surface area contributed by atoms with Gasteiger partial charge in [0.2, 0.25) is 0 Å². The van der Waals surface area contributed by atoms with Gasteiger partial charge in [0.25, 0.3) is 0 Å². The molecule has 0 aromatic rings. The van der Waals surface area contributed by atoms with Gasteiger partial charge in [0.05, 0.1) is 0 Å². The van der Waals surface area contributed by atoms with Crippen molar-refractivity contribution < 1.29 is 14.7 Å². The first kappa shape index (κ1) is 16.1. The van der Waals surface area contributed by atoms with Crippen LogP contribution in [0.25, 0.3) is 0 Å². The van der Waals surface area contributed by atoms with Gasteiger partial charge in [0.15, 0.2) is 0 Å². The number of urea groups is 1. The zero-order valence-corrected chi connectivity index (χ0v) is 12.2. The maximum atomic E-state index is 11.6. The molecule has 2 amide bonds. The van der Waals surface area contributed by atoms with Crippen molar-refractivity contribution in [3.05, 3.63) is 0 Å². The molecule has 0 aliphatic carbocycles. The number of carbonyl (C=O) groups is 2. The second kappa shape index (κ2) is 9.03. The van der Waals surface area contributed by atoms with E-state index in [1.807, 2.05) is 6.26 Å². The SMILES string of the molecule is CSCCC(NC(=O)NCCN1CCCC1)C(=O)O. The van der Waals surface area contributed by atoms with Gasteiger partial charge in [-0.1, -0.05) is 0 Å². The number of carboxylic acids is 1. The summed E-state index contributed by atoms with van der Waals surface area (Å²) in [6, 6.07) is -1.20. The van der Waals surface area contributed by atoms with E-state index < -0.39 is 18.0 Å². The number of thioether (sulfide) groups is 1. The highest BCUT2D eigenvalue weighted by atomic mass is 32.2. The van der Waals surface area contributed by atoms with Crippen LogP contribution < -0.4 is 10.6 Å². The molecule has 3 N–H and O–H groups in total. The molecular weight excluding hydrogens is 266 g/mol. The lowest BCUT2D eigenvalue weighted by atomic mass is 10.2. The number of nitrogens with zero attached hydrogens (tertiary/aromatic N) is 1. The maximum Gasteiger partial charge on any atom is 0.326 e. The van der Waals surface area contributed by atoms with Gasteiger partial charge in [-0.3, -0.25) is 0 Å². The molecule has 0 saturated carbocycles. The Hall–Kier alpha value is -0.950. The van der Waals surface area contributed by atoms with Crippen LogP contribution in [0, 0.1) is 0 Å². The van der Waals surface area contributed by atoms with Crippen molar-refractivity contribution in [3.63, 3.8) is 0 Å². The molecule has 0 spiro atoms. The fourth-order valence-corrected chi connectivity index (χ4v) is 2.51. The molecule has 110 valence electrons. The molecule has 0 bridgehead atoms. The van der Waals surface area contributed by atoms with E-state index in [9.17, 15) is 9.59 Å². The molecule has 19 heavy (non-hydrogen) atoms. The Labute approximate surface area is 118 Å². The molecule has 6 nitrogen and oxygen atoms in total. The van der Waals surface area contributed by atoms with Crippen LogP contribution in [0.1, 0.15) is 19.3 Å². The van der Waals surface area contributed by atoms with Gasteiger partial charge in [-0.2, -0.15) is 11.8 Å². The van der Waals surface area contributed by atoms with Crippen molar-refractivity contribution >= 4 is 23.8 Å². The van der Waals surface area contributed by atoms with E-state index in [4.69, 9.17) is 5.11 Å². The van der Waals surface area contributed by atoms with E-state index in [1.165, 1.54) is 12.8 Å². The van der Waals surface area contributed by atoms with Crippen LogP contribution in [0.3, 0.4) is 0 Å². The summed E-state index contributed by atoms with van der Waals surface area (Å²) in [6.07, 6.45) is 4.80. The van der Waals surface area contributed by atoms with E-state index in [1.54, 1.807) is 11.8 Å². The van der Waals surface area contributed by atoms with Crippen molar-refractivity contribution in [2.45, 2.75) is 25.3 Å². The monoisotopic (exact) mass is 289 g/mol. The summed E-state index contributed by atoms with van der Waals surface area (Å²) in [6.45, 7) is 3.57. The number of aliphatic carboxylic acids is 1. The molecule has 1 atom stereocenters. The number of likely N-dealkylation sites (tertiary alicyclic amines) is 1. The van der Waals surface area contributed by atoms with Crippen molar-refractivity contribution in [1.82, 2.24) is 15.5 Å². The molecule has 1 rings (SSSR count). The first-order chi connectivity index (χ1) is 9.13. The minimum Gasteiger partial charge on any atom is -0.480 e. The topological polar surface area (TPSA) is 81.7 Å². The predicted octanol–water partition coefficient (Wildman–Crippen LogP) is 0.588. The molecule has 1 unspecified atom stereocenters. The van der Waals surface area contributed by atoms with Gasteiger partial charge in [-0.25, -0.2) is 9.59 Å². The third kappa shape index (κ3) is 6.68. The van der Waals surface area contributed by atoms with Crippen LogP contribution in [-0.4, -0.2) is 66.2 Å². The van der Waals surface area contributed by atoms with Crippen molar-refractivity contribution in [2.75, 3.05) is 38.2 Å². The van der Waals surface area contributed by atoms with Crippen molar-refractivity contribution in [3.8, 4) is 0 Å². The summed E-state index contributed by atoms with van der Waals surface area (Å²) in [5.74, 6) is -0.269. The molecule has 7 heteroatoms. The van der Waals surface area contributed by atoms with Crippen LogP contribution in [0.2, 0.25) is 0 Å². The first-order valence-corrected chi connectivity index (χ1v) is 8.01. The highest BCUT2D eigenvalue weighted by molar-refractivity contribution is 7.98. The molecular formula is C12H23N3O3S. The van der Waals surface area contributed by atoms with Gasteiger partial charge >= 0.3 is 12.0 Å². The van der Waals surface area contributed by atoms with E-state index in [2.05, 4.69) is 15.5 Å². The lowest BCUT2D eigenvalue weighted by molar-refractivity contribution is -0.139. The average molecular weight is 289 g/mol. The van der Waals surface area contributed by atoms with Gasteiger partial charge in [0, 0.05) is 13.1 Å². The Morgan fingerprint density at radius 1 is 1.37 bits per heavy atom. The quantitative estimate of drug-likeness (QED) is 0.609. The second-order valence-corrected chi connectivity index (χ2v) is 5.61. The molecule has 0 radical (unpaired) electrons. The third-order valence-electron chi connectivity index (χ3n) is 3.13. The predicted molar refractivity (Wildman–Crippen MR) is 76.6 cm³/mol. The number of carboxylic acid groups (broad SMARTS) is 1. The van der Waals surface area contributed by atoms with Crippen LogP contribution in [0.5, 0.6) is 0 Å². The molecule has 1 aliphatic rings. The normalized spacial score (nSPS) is 17.1. The zero-order valence-electron chi connectivity index (χ0n) is 11.4. The Kier molecular flexibility index (Phi) is 7.66. The molecule has 1 heterocycles. The summed E-state index contributed by atoms with van der Waals surface area (Å²) >= 11 is 1.57. The number of amides is 2. The lowest BCUT2D eigenvalue weighted by Crippen LogP contribution is -2.47. The van der Waals surface area contributed by atoms with Crippen LogP contribution in [0.15, 0.2) is 0 Å². The molecule has 1 saturated heterocycles. The lowest BCUT2D eigenvalue weighted by Gasteiger charge is -2.17. The van der Waals surface area contributed by atoms with Crippen molar-refractivity contribution in [2.24, 2.45) is 0 Å². The number of rotatable bonds is 8. The average Bonchev–Trinajstić information content (AvgIpc) is 2.87. The number of hydrogen-bond acceptors (Lipinski definition) is 4. The third-order valence-corrected chi connectivity index (χ3v) is 3.77. The van der Waals surface area contributed by atoms with Crippen LogP contribution >= 0.6 is 11.8 Å². The highest BCUT2D eigenvalue weighted by Gasteiger charge is 2.19. The summed E-state index contributed by atoms with van der Waals surface area (Å²) in [5.41, 5.74) is 0. The standard InChI is InChI=1S/C12H23N3O3S/c1-19-9-4-10(11(16)17)14-12(18)13-5-8-15-6-2-3-7-15/h10H,2-9H2,1H3,(H,16,17)(H2,13,14,18). The largest absolute Gasteiger partial charge is 0.480 e. The number of nitrogens with one attached hydrogen (secondary N) is 2. The fraction of sp³-hybridized carbons (Fsp3) is 0.833. The Morgan fingerprint density at radius 2 is 2.05 bits per heavy atom. The molecule has 1 aliphatic heterocycles. The fourth-order valence-electron chi connectivity index (χ4n) is 2.04. The Morgan fingerprint density at radius 3 is 2.63 bits per heavy atom. The molecule has 1 fully saturated rings. The van der Waals surface area contributed by atoms with E-state index in [-0.39, 0.29) is 0 Å². The van der Waals surface area contributed by atoms with Gasteiger partial charge in [0.1, 0.15) is 6.04 Å². The smallest absolute Gasteiger partial charge is 0.326 e. The number of carbonyl (C=O) groups excluding carboxylic acids is 1. The first-order valence-electron chi connectivity index (χ1n) is 6.62. The van der Waals surface area contributed by atoms with E-state index in [0.29, 0.717) is 18.7 Å². The Balaban J connectivity index is 2.17. The van der Waals surface area contributed by atoms with Crippen LogP contribution in [-0.2, 0) is 4.79 Å². The van der Waals surface area contributed by atoms with E-state index >= 15 is 0 Å².